The SMILES string of the molecule is OCC[C@@H]1CN(C2CCN(c3ccc4c(c3)CCC4)CC2)CCN1CC1CCCCC1. The minimum absolute atomic E-state index is 0.330. The van der Waals surface area contributed by atoms with E-state index in [0.29, 0.717) is 12.6 Å². The van der Waals surface area contributed by atoms with Crippen molar-refractivity contribution in [1.29, 1.82) is 0 Å². The number of aryl methyl sites for hydroxylation is 2. The van der Waals surface area contributed by atoms with Crippen LogP contribution in [0, 0.1) is 5.92 Å². The fraction of sp³-hybridized carbons (Fsp3) is 0.778. The van der Waals surface area contributed by atoms with Gasteiger partial charge < -0.3 is 10.0 Å². The average molecular weight is 426 g/mol. The highest BCUT2D eigenvalue weighted by atomic mass is 16.3. The predicted molar refractivity (Wildman–Crippen MR) is 129 cm³/mol. The van der Waals surface area contributed by atoms with Gasteiger partial charge in [0.2, 0.25) is 0 Å². The first kappa shape index (κ1) is 21.7. The van der Waals surface area contributed by atoms with E-state index in [-0.39, 0.29) is 0 Å². The zero-order valence-electron chi connectivity index (χ0n) is 19.5. The second-order valence-corrected chi connectivity index (χ2v) is 10.7. The molecule has 0 radical (unpaired) electrons. The highest BCUT2D eigenvalue weighted by Gasteiger charge is 2.33. The van der Waals surface area contributed by atoms with Gasteiger partial charge in [0.05, 0.1) is 0 Å². The van der Waals surface area contributed by atoms with E-state index in [1.807, 2.05) is 0 Å². The highest BCUT2D eigenvalue weighted by molar-refractivity contribution is 5.52. The molecule has 1 N–H and O–H groups in total. The number of aliphatic hydroxyl groups excluding tert-OH is 1. The topological polar surface area (TPSA) is 30.0 Å². The van der Waals surface area contributed by atoms with Gasteiger partial charge in [-0.25, -0.2) is 0 Å². The van der Waals surface area contributed by atoms with Crippen molar-refractivity contribution < 1.29 is 5.11 Å². The molecule has 0 unspecified atom stereocenters. The number of nitrogens with zero attached hydrogens (tertiary/aromatic N) is 3. The summed E-state index contributed by atoms with van der Waals surface area (Å²) in [5, 5.41) is 9.71. The maximum Gasteiger partial charge on any atom is 0.0446 e. The van der Waals surface area contributed by atoms with Crippen LogP contribution < -0.4 is 4.90 Å². The lowest BCUT2D eigenvalue weighted by atomic mass is 9.88. The van der Waals surface area contributed by atoms with Crippen LogP contribution in [0.2, 0.25) is 0 Å². The number of benzene rings is 1. The van der Waals surface area contributed by atoms with Crippen molar-refractivity contribution in [2.75, 3.05) is 50.8 Å². The first-order chi connectivity index (χ1) is 15.3. The summed E-state index contributed by atoms with van der Waals surface area (Å²) in [5.74, 6) is 0.900. The van der Waals surface area contributed by atoms with E-state index >= 15 is 0 Å². The molecule has 31 heavy (non-hydrogen) atoms. The molecule has 2 aliphatic heterocycles. The Labute approximate surface area is 189 Å². The second-order valence-electron chi connectivity index (χ2n) is 10.7. The summed E-state index contributed by atoms with van der Waals surface area (Å²) in [5.41, 5.74) is 4.63. The quantitative estimate of drug-likeness (QED) is 0.743. The van der Waals surface area contributed by atoms with Gasteiger partial charge in [-0.05, 0) is 80.5 Å². The zero-order valence-corrected chi connectivity index (χ0v) is 19.5. The first-order valence-corrected chi connectivity index (χ1v) is 13.3. The molecule has 0 aromatic heterocycles. The molecule has 2 aliphatic carbocycles. The Balaban J connectivity index is 1.14. The van der Waals surface area contributed by atoms with Crippen molar-refractivity contribution in [3.05, 3.63) is 29.3 Å². The van der Waals surface area contributed by atoms with Gasteiger partial charge in [-0.1, -0.05) is 25.3 Å². The number of piperazine rings is 1. The summed E-state index contributed by atoms with van der Waals surface area (Å²) in [6.45, 7) is 7.57. The van der Waals surface area contributed by atoms with Gasteiger partial charge in [0.25, 0.3) is 0 Å². The standard InChI is InChI=1S/C27H43N3O/c31-18-13-27-21-30(17-16-29(27)20-22-5-2-1-3-6-22)25-11-14-28(15-12-25)26-10-9-23-7-4-8-24(23)19-26/h9-10,19,22,25,27,31H,1-8,11-18,20-21H2/t27-/m1/s1. The molecule has 4 nitrogen and oxygen atoms in total. The van der Waals surface area contributed by atoms with Crippen LogP contribution in [0.4, 0.5) is 5.69 Å². The van der Waals surface area contributed by atoms with E-state index < -0.39 is 0 Å². The number of fused-ring (bicyclic) bond motifs is 1. The predicted octanol–water partition coefficient (Wildman–Crippen LogP) is 4.09. The molecular weight excluding hydrogens is 382 g/mol. The van der Waals surface area contributed by atoms with Crippen molar-refractivity contribution >= 4 is 5.69 Å². The van der Waals surface area contributed by atoms with Crippen LogP contribution in [0.1, 0.15) is 68.9 Å². The summed E-state index contributed by atoms with van der Waals surface area (Å²) in [6, 6.07) is 8.50. The molecule has 1 aromatic carbocycles. The molecule has 1 aromatic rings. The number of rotatable bonds is 6. The fourth-order valence-electron chi connectivity index (χ4n) is 6.86. The van der Waals surface area contributed by atoms with E-state index in [4.69, 9.17) is 0 Å². The Morgan fingerprint density at radius 3 is 2.45 bits per heavy atom. The number of hydrogen-bond donors (Lipinski definition) is 1. The fourth-order valence-corrected chi connectivity index (χ4v) is 6.86. The molecular formula is C27H43N3O. The maximum atomic E-state index is 9.71. The van der Waals surface area contributed by atoms with E-state index in [1.165, 1.54) is 103 Å². The van der Waals surface area contributed by atoms with Gasteiger partial charge in [-0.3, -0.25) is 9.80 Å². The lowest BCUT2D eigenvalue weighted by Gasteiger charge is -2.47. The van der Waals surface area contributed by atoms with E-state index in [9.17, 15) is 5.11 Å². The first-order valence-electron chi connectivity index (χ1n) is 13.3. The molecule has 1 saturated carbocycles. The van der Waals surface area contributed by atoms with Crippen LogP contribution in [0.5, 0.6) is 0 Å². The molecule has 4 heteroatoms. The van der Waals surface area contributed by atoms with Crippen LogP contribution in [0.25, 0.3) is 0 Å². The Morgan fingerprint density at radius 2 is 1.65 bits per heavy atom. The van der Waals surface area contributed by atoms with Crippen molar-refractivity contribution in [2.45, 2.75) is 82.7 Å². The summed E-state index contributed by atoms with van der Waals surface area (Å²) in [4.78, 5) is 8.14. The van der Waals surface area contributed by atoms with Gasteiger partial charge in [0, 0.05) is 63.6 Å². The van der Waals surface area contributed by atoms with Gasteiger partial charge in [0.1, 0.15) is 0 Å². The smallest absolute Gasteiger partial charge is 0.0446 e. The van der Waals surface area contributed by atoms with Gasteiger partial charge >= 0.3 is 0 Å². The van der Waals surface area contributed by atoms with Gasteiger partial charge in [-0.2, -0.15) is 0 Å². The number of aliphatic hydroxyl groups is 1. The van der Waals surface area contributed by atoms with Crippen molar-refractivity contribution in [2.24, 2.45) is 5.92 Å². The minimum atomic E-state index is 0.330. The zero-order chi connectivity index (χ0) is 21.0. The molecule has 3 fully saturated rings. The third kappa shape index (κ3) is 5.12. The summed E-state index contributed by atoms with van der Waals surface area (Å²) in [6.07, 6.45) is 14.5. The summed E-state index contributed by atoms with van der Waals surface area (Å²) < 4.78 is 0. The Kier molecular flexibility index (Phi) is 7.17. The van der Waals surface area contributed by atoms with Crippen LogP contribution in [-0.4, -0.2) is 72.9 Å². The lowest BCUT2D eigenvalue weighted by Crippen LogP contribution is -2.58. The Morgan fingerprint density at radius 1 is 0.839 bits per heavy atom. The van der Waals surface area contributed by atoms with Crippen LogP contribution in [-0.2, 0) is 12.8 Å². The highest BCUT2D eigenvalue weighted by Crippen LogP contribution is 2.31. The van der Waals surface area contributed by atoms with Crippen LogP contribution in [0.3, 0.4) is 0 Å². The molecule has 1 atom stereocenters. The van der Waals surface area contributed by atoms with E-state index in [0.717, 1.165) is 24.9 Å². The average Bonchev–Trinajstić information content (AvgIpc) is 3.29. The lowest BCUT2D eigenvalue weighted by molar-refractivity contribution is 0.0184. The molecule has 172 valence electrons. The number of piperidine rings is 1. The van der Waals surface area contributed by atoms with Crippen molar-refractivity contribution in [3.63, 3.8) is 0 Å². The molecule has 4 aliphatic rings. The van der Waals surface area contributed by atoms with E-state index in [2.05, 4.69) is 32.9 Å². The largest absolute Gasteiger partial charge is 0.396 e. The van der Waals surface area contributed by atoms with Crippen molar-refractivity contribution in [3.8, 4) is 0 Å². The summed E-state index contributed by atoms with van der Waals surface area (Å²) >= 11 is 0. The number of hydrogen-bond acceptors (Lipinski definition) is 4. The minimum Gasteiger partial charge on any atom is -0.396 e. The molecule has 5 rings (SSSR count). The third-order valence-corrected chi connectivity index (χ3v) is 8.74. The third-order valence-electron chi connectivity index (χ3n) is 8.74. The second kappa shape index (κ2) is 10.2. The Hall–Kier alpha value is -1.10. The molecule has 2 heterocycles. The molecule has 2 saturated heterocycles. The monoisotopic (exact) mass is 425 g/mol. The van der Waals surface area contributed by atoms with Gasteiger partial charge in [-0.15, -0.1) is 0 Å². The van der Waals surface area contributed by atoms with Crippen LogP contribution in [0.15, 0.2) is 18.2 Å². The summed E-state index contributed by atoms with van der Waals surface area (Å²) in [7, 11) is 0. The molecule has 0 bridgehead atoms. The van der Waals surface area contributed by atoms with Crippen molar-refractivity contribution in [1.82, 2.24) is 9.80 Å². The normalized spacial score (nSPS) is 27.0. The number of anilines is 1. The molecule has 0 amide bonds. The van der Waals surface area contributed by atoms with Gasteiger partial charge in [0.15, 0.2) is 0 Å². The Bertz CT molecular complexity index is 708. The molecule has 0 spiro atoms. The maximum absolute atomic E-state index is 9.71. The van der Waals surface area contributed by atoms with E-state index in [1.54, 1.807) is 11.1 Å². The van der Waals surface area contributed by atoms with Crippen LogP contribution >= 0.6 is 0 Å².